The van der Waals surface area contributed by atoms with Crippen molar-refractivity contribution in [3.8, 4) is 11.5 Å². The molecule has 2 heterocycles. The van der Waals surface area contributed by atoms with Gasteiger partial charge in [0.05, 0.1) is 5.92 Å². The summed E-state index contributed by atoms with van der Waals surface area (Å²) < 4.78 is 1.62. The number of halogens is 2. The summed E-state index contributed by atoms with van der Waals surface area (Å²) in [6, 6.07) is 1.87. The third kappa shape index (κ3) is 3.29. The van der Waals surface area contributed by atoms with Gasteiger partial charge in [-0.05, 0) is 58.7 Å². The average molecular weight is 415 g/mol. The van der Waals surface area contributed by atoms with E-state index in [-0.39, 0.29) is 0 Å². The summed E-state index contributed by atoms with van der Waals surface area (Å²) in [6.07, 6.45) is 1.67. The molecule has 7 heteroatoms. The second-order valence-electron chi connectivity index (χ2n) is 4.68. The average Bonchev–Trinajstić information content (AvgIpc) is 2.37. The van der Waals surface area contributed by atoms with Crippen LogP contribution in [0, 0.1) is 13.8 Å². The second kappa shape index (κ2) is 6.19. The standard InChI is InChI=1S/C14H13Br2N3O2/c1-6(14(20)21)11-7(2)18-13(19-8(11)3)12-10(16)4-9(15)5-17-12/h4-6H,1-3H3,(H,20,21). The highest BCUT2D eigenvalue weighted by atomic mass is 79.9. The van der Waals surface area contributed by atoms with E-state index in [1.165, 1.54) is 0 Å². The number of carbonyl (C=O) groups is 1. The van der Waals surface area contributed by atoms with Gasteiger partial charge in [0.25, 0.3) is 0 Å². The van der Waals surface area contributed by atoms with Crippen molar-refractivity contribution in [3.63, 3.8) is 0 Å². The highest BCUT2D eigenvalue weighted by Gasteiger charge is 2.22. The van der Waals surface area contributed by atoms with Crippen LogP contribution in [0.5, 0.6) is 0 Å². The number of pyridine rings is 1. The third-order valence-corrected chi connectivity index (χ3v) is 4.19. The van der Waals surface area contributed by atoms with Crippen molar-refractivity contribution in [2.45, 2.75) is 26.7 Å². The van der Waals surface area contributed by atoms with Crippen LogP contribution in [-0.4, -0.2) is 26.0 Å². The minimum atomic E-state index is -0.888. The van der Waals surface area contributed by atoms with Crippen molar-refractivity contribution in [1.82, 2.24) is 15.0 Å². The van der Waals surface area contributed by atoms with Crippen molar-refractivity contribution >= 4 is 37.8 Å². The SMILES string of the molecule is Cc1nc(-c2ncc(Br)cc2Br)nc(C)c1C(C)C(=O)O. The zero-order chi connectivity index (χ0) is 15.7. The number of aryl methyl sites for hydroxylation is 2. The van der Waals surface area contributed by atoms with Crippen LogP contribution in [0.4, 0.5) is 0 Å². The first-order valence-electron chi connectivity index (χ1n) is 6.20. The summed E-state index contributed by atoms with van der Waals surface area (Å²) in [5.74, 6) is -1.05. The lowest BCUT2D eigenvalue weighted by atomic mass is 9.98. The zero-order valence-corrected chi connectivity index (χ0v) is 14.9. The van der Waals surface area contributed by atoms with E-state index in [9.17, 15) is 4.79 Å². The molecule has 0 aliphatic carbocycles. The lowest BCUT2D eigenvalue weighted by Crippen LogP contribution is -2.13. The Morgan fingerprint density at radius 2 is 1.81 bits per heavy atom. The van der Waals surface area contributed by atoms with Crippen molar-refractivity contribution < 1.29 is 9.90 Å². The molecule has 0 aliphatic heterocycles. The van der Waals surface area contributed by atoms with Crippen LogP contribution in [0.15, 0.2) is 21.2 Å². The van der Waals surface area contributed by atoms with Crippen molar-refractivity contribution in [3.05, 3.63) is 38.2 Å². The maximum Gasteiger partial charge on any atom is 0.310 e. The lowest BCUT2D eigenvalue weighted by Gasteiger charge is -2.14. The van der Waals surface area contributed by atoms with Crippen LogP contribution in [0.3, 0.4) is 0 Å². The van der Waals surface area contributed by atoms with Gasteiger partial charge in [0.1, 0.15) is 5.69 Å². The van der Waals surface area contributed by atoms with Gasteiger partial charge in [-0.3, -0.25) is 9.78 Å². The number of hydrogen-bond acceptors (Lipinski definition) is 4. The Morgan fingerprint density at radius 1 is 1.24 bits per heavy atom. The van der Waals surface area contributed by atoms with E-state index in [0.29, 0.717) is 28.5 Å². The Hall–Kier alpha value is -1.34. The summed E-state index contributed by atoms with van der Waals surface area (Å²) in [6.45, 7) is 5.22. The Morgan fingerprint density at radius 3 is 2.29 bits per heavy atom. The molecule has 0 radical (unpaired) electrons. The Balaban J connectivity index is 2.56. The van der Waals surface area contributed by atoms with E-state index >= 15 is 0 Å². The fraction of sp³-hybridized carbons (Fsp3) is 0.286. The molecule has 0 aromatic carbocycles. The Kier molecular flexibility index (Phi) is 4.73. The van der Waals surface area contributed by atoms with Gasteiger partial charge >= 0.3 is 5.97 Å². The summed E-state index contributed by atoms with van der Waals surface area (Å²) in [5, 5.41) is 9.16. The molecule has 5 nitrogen and oxygen atoms in total. The molecule has 0 fully saturated rings. The molecule has 2 aromatic rings. The van der Waals surface area contributed by atoms with Gasteiger partial charge in [0, 0.05) is 32.1 Å². The first-order valence-corrected chi connectivity index (χ1v) is 7.79. The van der Waals surface area contributed by atoms with Crippen molar-refractivity contribution in [2.24, 2.45) is 0 Å². The monoisotopic (exact) mass is 413 g/mol. The molecule has 0 bridgehead atoms. The van der Waals surface area contributed by atoms with Gasteiger partial charge in [-0.15, -0.1) is 0 Å². The number of nitrogens with zero attached hydrogens (tertiary/aromatic N) is 3. The number of rotatable bonds is 3. The summed E-state index contributed by atoms with van der Waals surface area (Å²) in [4.78, 5) is 24.3. The summed E-state index contributed by atoms with van der Waals surface area (Å²) in [5.41, 5.74) is 2.59. The van der Waals surface area contributed by atoms with Gasteiger partial charge in [-0.25, -0.2) is 9.97 Å². The second-order valence-corrected chi connectivity index (χ2v) is 6.45. The van der Waals surface area contributed by atoms with Gasteiger partial charge in [0.15, 0.2) is 5.82 Å². The van der Waals surface area contributed by atoms with Gasteiger partial charge in [-0.1, -0.05) is 0 Å². The molecule has 110 valence electrons. The molecule has 2 rings (SSSR count). The Bertz CT molecular complexity index is 696. The normalized spacial score (nSPS) is 12.2. The third-order valence-electron chi connectivity index (χ3n) is 3.15. The van der Waals surface area contributed by atoms with Crippen LogP contribution in [-0.2, 0) is 4.79 Å². The molecule has 21 heavy (non-hydrogen) atoms. The molecular weight excluding hydrogens is 402 g/mol. The fourth-order valence-corrected chi connectivity index (χ4v) is 3.32. The molecule has 0 saturated heterocycles. The van der Waals surface area contributed by atoms with Gasteiger partial charge < -0.3 is 5.11 Å². The highest BCUT2D eigenvalue weighted by Crippen LogP contribution is 2.29. The maximum atomic E-state index is 11.2. The molecule has 0 saturated carbocycles. The molecule has 0 amide bonds. The van der Waals surface area contributed by atoms with Crippen LogP contribution in [0.2, 0.25) is 0 Å². The van der Waals surface area contributed by atoms with Crippen molar-refractivity contribution in [1.29, 1.82) is 0 Å². The van der Waals surface area contributed by atoms with E-state index in [0.717, 1.165) is 8.95 Å². The fourth-order valence-electron chi connectivity index (χ4n) is 2.16. The molecule has 1 atom stereocenters. The molecule has 1 unspecified atom stereocenters. The molecule has 0 spiro atoms. The molecule has 1 N–H and O–H groups in total. The molecular formula is C14H13Br2N3O2. The zero-order valence-electron chi connectivity index (χ0n) is 11.7. The summed E-state index contributed by atoms with van der Waals surface area (Å²) >= 11 is 6.78. The number of carboxylic acids is 1. The number of carboxylic acid groups (broad SMARTS) is 1. The predicted molar refractivity (Wildman–Crippen MR) is 86.2 cm³/mol. The van der Waals surface area contributed by atoms with Crippen LogP contribution in [0.1, 0.15) is 29.8 Å². The topological polar surface area (TPSA) is 76.0 Å². The molecule has 0 aliphatic rings. The number of aromatic nitrogens is 3. The number of hydrogen-bond donors (Lipinski definition) is 1. The minimum absolute atomic E-state index is 0.478. The van der Waals surface area contributed by atoms with Crippen LogP contribution < -0.4 is 0 Å². The van der Waals surface area contributed by atoms with Crippen LogP contribution >= 0.6 is 31.9 Å². The van der Waals surface area contributed by atoms with E-state index in [4.69, 9.17) is 5.11 Å². The quantitative estimate of drug-likeness (QED) is 0.824. The van der Waals surface area contributed by atoms with E-state index in [2.05, 4.69) is 46.8 Å². The maximum absolute atomic E-state index is 11.2. The summed E-state index contributed by atoms with van der Waals surface area (Å²) in [7, 11) is 0. The van der Waals surface area contributed by atoms with Crippen molar-refractivity contribution in [2.75, 3.05) is 0 Å². The minimum Gasteiger partial charge on any atom is -0.481 e. The first kappa shape index (κ1) is 16.0. The lowest BCUT2D eigenvalue weighted by molar-refractivity contribution is -0.138. The Labute approximate surface area is 139 Å². The first-order chi connectivity index (χ1) is 9.81. The number of aliphatic carboxylic acids is 1. The van der Waals surface area contributed by atoms with Crippen LogP contribution in [0.25, 0.3) is 11.5 Å². The van der Waals surface area contributed by atoms with Gasteiger partial charge in [-0.2, -0.15) is 0 Å². The van der Waals surface area contributed by atoms with E-state index in [1.807, 2.05) is 6.07 Å². The van der Waals surface area contributed by atoms with E-state index in [1.54, 1.807) is 27.0 Å². The smallest absolute Gasteiger partial charge is 0.310 e. The van der Waals surface area contributed by atoms with Gasteiger partial charge in [0.2, 0.25) is 0 Å². The molecule has 2 aromatic heterocycles. The largest absolute Gasteiger partial charge is 0.481 e. The predicted octanol–water partition coefficient (Wildman–Crippen LogP) is 3.87. The highest BCUT2D eigenvalue weighted by molar-refractivity contribution is 9.11. The van der Waals surface area contributed by atoms with E-state index < -0.39 is 11.9 Å².